The Balaban J connectivity index is 1.67. The van der Waals surface area contributed by atoms with Crippen molar-refractivity contribution in [1.29, 1.82) is 0 Å². The van der Waals surface area contributed by atoms with E-state index in [-0.39, 0.29) is 12.1 Å². The summed E-state index contributed by atoms with van der Waals surface area (Å²) in [4.78, 5) is 21.2. The number of carbonyl (C=O) groups is 1. The van der Waals surface area contributed by atoms with Crippen LogP contribution in [0.5, 0.6) is 6.01 Å². The van der Waals surface area contributed by atoms with Crippen LogP contribution in [-0.4, -0.2) is 40.0 Å². The number of nitrogens with zero attached hydrogens (tertiary/aromatic N) is 3. The SMILES string of the molecule is CCc1cnc(O[C@@H]2C[C@H]3C[C@@H]2N(C=O)C3)nc1. The third-order valence-corrected chi connectivity index (χ3v) is 3.95. The number of hydrogen-bond acceptors (Lipinski definition) is 4. The summed E-state index contributed by atoms with van der Waals surface area (Å²) < 4.78 is 5.82. The number of carbonyl (C=O) groups excluding carboxylic acids is 1. The average molecular weight is 247 g/mol. The molecule has 96 valence electrons. The topological polar surface area (TPSA) is 55.3 Å². The molecule has 0 radical (unpaired) electrons. The van der Waals surface area contributed by atoms with Crippen molar-refractivity contribution in [3.05, 3.63) is 18.0 Å². The maximum atomic E-state index is 10.9. The Hall–Kier alpha value is -1.65. The summed E-state index contributed by atoms with van der Waals surface area (Å²) >= 11 is 0. The maximum absolute atomic E-state index is 10.9. The van der Waals surface area contributed by atoms with Crippen molar-refractivity contribution >= 4 is 6.41 Å². The Morgan fingerprint density at radius 2 is 2.22 bits per heavy atom. The molecule has 3 rings (SSSR count). The van der Waals surface area contributed by atoms with E-state index in [0.717, 1.165) is 37.8 Å². The van der Waals surface area contributed by atoms with Crippen LogP contribution in [0, 0.1) is 5.92 Å². The molecular weight excluding hydrogens is 230 g/mol. The molecule has 1 aliphatic heterocycles. The highest BCUT2D eigenvalue weighted by Gasteiger charge is 2.46. The van der Waals surface area contributed by atoms with Crippen molar-refractivity contribution in [3.63, 3.8) is 0 Å². The van der Waals surface area contributed by atoms with Crippen LogP contribution in [-0.2, 0) is 11.2 Å². The van der Waals surface area contributed by atoms with Crippen LogP contribution in [0.15, 0.2) is 12.4 Å². The van der Waals surface area contributed by atoms with Gasteiger partial charge >= 0.3 is 6.01 Å². The lowest BCUT2D eigenvalue weighted by Gasteiger charge is -2.29. The van der Waals surface area contributed by atoms with Gasteiger partial charge in [-0.1, -0.05) is 6.92 Å². The second kappa shape index (κ2) is 4.55. The standard InChI is InChI=1S/C13H17N3O2/c1-2-9-5-14-13(15-6-9)18-12-4-10-3-11(12)16(7-10)8-17/h5-6,8,10-12H,2-4,7H2,1H3/t10-,11+,12-/m1/s1. The predicted molar refractivity (Wildman–Crippen MR) is 65.1 cm³/mol. The lowest BCUT2D eigenvalue weighted by molar-refractivity contribution is -0.121. The summed E-state index contributed by atoms with van der Waals surface area (Å²) in [6.45, 7) is 2.95. The minimum Gasteiger partial charge on any atom is -0.458 e. The summed E-state index contributed by atoms with van der Waals surface area (Å²) in [5.74, 6) is 0.583. The summed E-state index contributed by atoms with van der Waals surface area (Å²) in [6.07, 6.45) is 7.57. The van der Waals surface area contributed by atoms with Gasteiger partial charge in [-0.25, -0.2) is 9.97 Å². The summed E-state index contributed by atoms with van der Waals surface area (Å²) in [5, 5.41) is 0. The lowest BCUT2D eigenvalue weighted by atomic mass is 10.1. The van der Waals surface area contributed by atoms with Crippen molar-refractivity contribution in [2.45, 2.75) is 38.3 Å². The smallest absolute Gasteiger partial charge is 0.316 e. The first-order valence-electron chi connectivity index (χ1n) is 6.48. The van der Waals surface area contributed by atoms with Crippen molar-refractivity contribution in [3.8, 4) is 6.01 Å². The molecular formula is C13H17N3O2. The summed E-state index contributed by atoms with van der Waals surface area (Å²) in [7, 11) is 0. The first kappa shape index (κ1) is 11.4. The van der Waals surface area contributed by atoms with Gasteiger partial charge in [0, 0.05) is 18.9 Å². The van der Waals surface area contributed by atoms with Crippen LogP contribution in [0.3, 0.4) is 0 Å². The lowest BCUT2D eigenvalue weighted by Crippen LogP contribution is -2.43. The van der Waals surface area contributed by atoms with E-state index >= 15 is 0 Å². The quantitative estimate of drug-likeness (QED) is 0.746. The zero-order chi connectivity index (χ0) is 12.5. The van der Waals surface area contributed by atoms with Gasteiger partial charge in [0.05, 0.1) is 6.04 Å². The maximum Gasteiger partial charge on any atom is 0.316 e. The van der Waals surface area contributed by atoms with Crippen LogP contribution < -0.4 is 4.74 Å². The molecule has 3 atom stereocenters. The minimum atomic E-state index is 0.0569. The number of fused-ring (bicyclic) bond motifs is 2. The molecule has 1 saturated heterocycles. The van der Waals surface area contributed by atoms with Crippen molar-refractivity contribution < 1.29 is 9.53 Å². The highest BCUT2D eigenvalue weighted by atomic mass is 16.5. The third kappa shape index (κ3) is 1.94. The molecule has 0 aromatic carbocycles. The van der Waals surface area contributed by atoms with Crippen LogP contribution in [0.25, 0.3) is 0 Å². The second-order valence-corrected chi connectivity index (χ2v) is 5.09. The van der Waals surface area contributed by atoms with E-state index in [1.165, 1.54) is 0 Å². The summed E-state index contributed by atoms with van der Waals surface area (Å²) in [6, 6.07) is 0.637. The van der Waals surface area contributed by atoms with Crippen LogP contribution in [0.2, 0.25) is 0 Å². The average Bonchev–Trinajstić information content (AvgIpc) is 2.99. The van der Waals surface area contributed by atoms with Crippen molar-refractivity contribution in [2.75, 3.05) is 6.54 Å². The number of hydrogen-bond donors (Lipinski definition) is 0. The molecule has 5 nitrogen and oxygen atoms in total. The predicted octanol–water partition coefficient (Wildman–Crippen LogP) is 1.04. The molecule has 1 saturated carbocycles. The fourth-order valence-corrected chi connectivity index (χ4v) is 2.98. The van der Waals surface area contributed by atoms with Gasteiger partial charge < -0.3 is 9.64 Å². The Morgan fingerprint density at radius 3 is 2.83 bits per heavy atom. The van der Waals surface area contributed by atoms with Gasteiger partial charge in [0.1, 0.15) is 6.10 Å². The van der Waals surface area contributed by atoms with E-state index in [9.17, 15) is 4.79 Å². The highest BCUT2D eigenvalue weighted by Crippen LogP contribution is 2.38. The molecule has 0 N–H and O–H groups in total. The Labute approximate surface area is 106 Å². The zero-order valence-corrected chi connectivity index (χ0v) is 10.5. The number of ether oxygens (including phenoxy) is 1. The second-order valence-electron chi connectivity index (χ2n) is 5.09. The molecule has 1 aromatic heterocycles. The van der Waals surface area contributed by atoms with E-state index in [1.54, 1.807) is 12.4 Å². The monoisotopic (exact) mass is 247 g/mol. The molecule has 2 bridgehead atoms. The molecule has 1 aromatic rings. The first-order valence-corrected chi connectivity index (χ1v) is 6.48. The fraction of sp³-hybridized carbons (Fsp3) is 0.615. The molecule has 2 aliphatic rings. The van der Waals surface area contributed by atoms with Gasteiger partial charge in [0.2, 0.25) is 6.41 Å². The van der Waals surface area contributed by atoms with E-state index in [0.29, 0.717) is 11.9 Å². The Morgan fingerprint density at radius 1 is 1.44 bits per heavy atom. The van der Waals surface area contributed by atoms with Crippen LogP contribution in [0.1, 0.15) is 25.3 Å². The van der Waals surface area contributed by atoms with Crippen molar-refractivity contribution in [1.82, 2.24) is 14.9 Å². The van der Waals surface area contributed by atoms with Gasteiger partial charge in [-0.05, 0) is 30.7 Å². The molecule has 0 spiro atoms. The molecule has 0 unspecified atom stereocenters. The normalized spacial score (nSPS) is 29.6. The van der Waals surface area contributed by atoms with Gasteiger partial charge in [-0.3, -0.25) is 4.79 Å². The summed E-state index contributed by atoms with van der Waals surface area (Å²) in [5.41, 5.74) is 1.10. The molecule has 1 aliphatic carbocycles. The van der Waals surface area contributed by atoms with E-state index in [1.807, 2.05) is 4.90 Å². The molecule has 2 fully saturated rings. The van der Waals surface area contributed by atoms with Gasteiger partial charge in [-0.2, -0.15) is 0 Å². The molecule has 5 heteroatoms. The van der Waals surface area contributed by atoms with E-state index in [4.69, 9.17) is 4.74 Å². The number of likely N-dealkylation sites (tertiary alicyclic amines) is 1. The highest BCUT2D eigenvalue weighted by molar-refractivity contribution is 5.49. The van der Waals surface area contributed by atoms with Gasteiger partial charge in [0.15, 0.2) is 0 Å². The Kier molecular flexibility index (Phi) is 2.89. The minimum absolute atomic E-state index is 0.0569. The van der Waals surface area contributed by atoms with E-state index in [2.05, 4.69) is 16.9 Å². The third-order valence-electron chi connectivity index (χ3n) is 3.95. The first-order chi connectivity index (χ1) is 8.80. The van der Waals surface area contributed by atoms with Gasteiger partial charge in [0.25, 0.3) is 0 Å². The van der Waals surface area contributed by atoms with E-state index < -0.39 is 0 Å². The fourth-order valence-electron chi connectivity index (χ4n) is 2.98. The Bertz CT molecular complexity index is 434. The number of amides is 1. The molecule has 1 amide bonds. The number of aryl methyl sites for hydroxylation is 1. The van der Waals surface area contributed by atoms with Crippen molar-refractivity contribution in [2.24, 2.45) is 5.92 Å². The zero-order valence-electron chi connectivity index (χ0n) is 10.5. The number of piperidine rings is 1. The number of aromatic nitrogens is 2. The molecule has 18 heavy (non-hydrogen) atoms. The molecule has 2 heterocycles. The number of rotatable bonds is 4. The van der Waals surface area contributed by atoms with Gasteiger partial charge in [-0.15, -0.1) is 0 Å². The van der Waals surface area contributed by atoms with Crippen LogP contribution in [0.4, 0.5) is 0 Å². The van der Waals surface area contributed by atoms with Crippen LogP contribution >= 0.6 is 0 Å². The largest absolute Gasteiger partial charge is 0.458 e.